The lowest BCUT2D eigenvalue weighted by Crippen LogP contribution is -2.51. The molecule has 0 aromatic heterocycles. The second kappa shape index (κ2) is 6.73. The molecule has 1 aromatic carbocycles. The molecule has 5 heteroatoms. The van der Waals surface area contributed by atoms with Crippen LogP contribution in [0.3, 0.4) is 0 Å². The molecule has 0 bridgehead atoms. The van der Waals surface area contributed by atoms with Gasteiger partial charge in [0.25, 0.3) is 0 Å². The van der Waals surface area contributed by atoms with E-state index in [1.807, 2.05) is 12.1 Å². The van der Waals surface area contributed by atoms with Crippen molar-refractivity contribution in [1.29, 1.82) is 0 Å². The molecular formula is C16H24FN3O. The Hall–Kier alpha value is -1.17. The Morgan fingerprint density at radius 3 is 2.52 bits per heavy atom. The fraction of sp³-hybridized carbons (Fsp3) is 0.625. The van der Waals surface area contributed by atoms with Gasteiger partial charge in [-0.25, -0.2) is 4.39 Å². The minimum Gasteiger partial charge on any atom is -0.381 e. The third-order valence-corrected chi connectivity index (χ3v) is 4.59. The summed E-state index contributed by atoms with van der Waals surface area (Å²) < 4.78 is 18.5. The van der Waals surface area contributed by atoms with Crippen LogP contribution in [0.5, 0.6) is 0 Å². The minimum absolute atomic E-state index is 0.177. The van der Waals surface area contributed by atoms with Gasteiger partial charge >= 0.3 is 0 Å². The van der Waals surface area contributed by atoms with Crippen LogP contribution in [0.1, 0.15) is 6.42 Å². The first-order chi connectivity index (χ1) is 10.2. The average Bonchev–Trinajstić information content (AvgIpc) is 2.51. The summed E-state index contributed by atoms with van der Waals surface area (Å²) in [6, 6.07) is 7.04. The van der Waals surface area contributed by atoms with Gasteiger partial charge in [-0.1, -0.05) is 0 Å². The van der Waals surface area contributed by atoms with E-state index in [-0.39, 0.29) is 11.9 Å². The number of hydrogen-bond donors (Lipinski definition) is 1. The Kier molecular flexibility index (Phi) is 4.73. The monoisotopic (exact) mass is 293 g/mol. The van der Waals surface area contributed by atoms with Crippen LogP contribution in [0.4, 0.5) is 10.1 Å². The highest BCUT2D eigenvalue weighted by molar-refractivity contribution is 5.46. The predicted molar refractivity (Wildman–Crippen MR) is 82.0 cm³/mol. The van der Waals surface area contributed by atoms with Crippen molar-refractivity contribution in [3.8, 4) is 0 Å². The van der Waals surface area contributed by atoms with Gasteiger partial charge in [0.15, 0.2) is 0 Å². The molecule has 4 nitrogen and oxygen atoms in total. The molecule has 0 saturated carbocycles. The summed E-state index contributed by atoms with van der Waals surface area (Å²) in [5.41, 5.74) is 7.28. The molecule has 0 aliphatic carbocycles. The zero-order valence-electron chi connectivity index (χ0n) is 12.4. The topological polar surface area (TPSA) is 41.7 Å². The molecule has 3 rings (SSSR count). The van der Waals surface area contributed by atoms with E-state index in [9.17, 15) is 4.39 Å². The third kappa shape index (κ3) is 3.73. The number of ether oxygens (including phenoxy) is 1. The SMILES string of the molecule is NC1CCOCC1CN1CCN(c2ccc(F)cc2)CC1. The van der Waals surface area contributed by atoms with Crippen molar-refractivity contribution in [2.45, 2.75) is 12.5 Å². The lowest BCUT2D eigenvalue weighted by atomic mass is 9.96. The number of nitrogens with two attached hydrogens (primary N) is 1. The van der Waals surface area contributed by atoms with Crippen LogP contribution in [0, 0.1) is 11.7 Å². The van der Waals surface area contributed by atoms with Crippen molar-refractivity contribution < 1.29 is 9.13 Å². The first-order valence-corrected chi connectivity index (χ1v) is 7.78. The van der Waals surface area contributed by atoms with Crippen LogP contribution >= 0.6 is 0 Å². The Bertz CT molecular complexity index is 445. The molecule has 0 spiro atoms. The van der Waals surface area contributed by atoms with Gasteiger partial charge in [0.1, 0.15) is 5.82 Å². The van der Waals surface area contributed by atoms with Crippen molar-refractivity contribution in [1.82, 2.24) is 4.90 Å². The number of anilines is 1. The highest BCUT2D eigenvalue weighted by Crippen LogP contribution is 2.19. The molecule has 2 atom stereocenters. The first-order valence-electron chi connectivity index (χ1n) is 7.78. The van der Waals surface area contributed by atoms with Crippen LogP contribution in [0.15, 0.2) is 24.3 Å². The Morgan fingerprint density at radius 1 is 1.14 bits per heavy atom. The molecule has 116 valence electrons. The van der Waals surface area contributed by atoms with Gasteiger partial charge in [0, 0.05) is 57.0 Å². The molecule has 0 radical (unpaired) electrons. The van der Waals surface area contributed by atoms with Gasteiger partial charge in [-0.15, -0.1) is 0 Å². The maximum atomic E-state index is 13.0. The van der Waals surface area contributed by atoms with Gasteiger partial charge in [-0.2, -0.15) is 0 Å². The number of rotatable bonds is 3. The van der Waals surface area contributed by atoms with Crippen molar-refractivity contribution in [2.24, 2.45) is 11.7 Å². The molecule has 0 amide bonds. The molecule has 1 aromatic rings. The standard InChI is InChI=1S/C16H24FN3O/c17-14-1-3-15(4-2-14)20-8-6-19(7-9-20)11-13-12-21-10-5-16(13)18/h1-4,13,16H,5-12,18H2. The van der Waals surface area contributed by atoms with E-state index in [1.54, 1.807) is 0 Å². The fourth-order valence-corrected chi connectivity index (χ4v) is 3.17. The van der Waals surface area contributed by atoms with Gasteiger partial charge < -0.3 is 15.4 Å². The Morgan fingerprint density at radius 2 is 1.86 bits per heavy atom. The Balaban J connectivity index is 1.49. The van der Waals surface area contributed by atoms with Crippen LogP contribution in [-0.4, -0.2) is 56.9 Å². The van der Waals surface area contributed by atoms with Crippen molar-refractivity contribution in [3.05, 3.63) is 30.1 Å². The zero-order valence-corrected chi connectivity index (χ0v) is 12.4. The molecule has 2 aliphatic heterocycles. The first kappa shape index (κ1) is 14.8. The largest absolute Gasteiger partial charge is 0.381 e. The van der Waals surface area contributed by atoms with E-state index >= 15 is 0 Å². The number of piperazine rings is 1. The van der Waals surface area contributed by atoms with Crippen molar-refractivity contribution >= 4 is 5.69 Å². The summed E-state index contributed by atoms with van der Waals surface area (Å²) in [5, 5.41) is 0. The molecule has 21 heavy (non-hydrogen) atoms. The van der Waals surface area contributed by atoms with Crippen LogP contribution in [0.2, 0.25) is 0 Å². The molecule has 2 aliphatic rings. The normalized spacial score (nSPS) is 27.8. The highest BCUT2D eigenvalue weighted by Gasteiger charge is 2.26. The van der Waals surface area contributed by atoms with Crippen molar-refractivity contribution in [2.75, 3.05) is 50.8 Å². The highest BCUT2D eigenvalue weighted by atomic mass is 19.1. The quantitative estimate of drug-likeness (QED) is 0.912. The molecule has 2 N–H and O–H groups in total. The lowest BCUT2D eigenvalue weighted by Gasteiger charge is -2.39. The van der Waals surface area contributed by atoms with Gasteiger partial charge in [0.2, 0.25) is 0 Å². The van der Waals surface area contributed by atoms with Crippen LogP contribution < -0.4 is 10.6 Å². The summed E-state index contributed by atoms with van der Waals surface area (Å²) in [4.78, 5) is 4.78. The predicted octanol–water partition coefficient (Wildman–Crippen LogP) is 1.31. The third-order valence-electron chi connectivity index (χ3n) is 4.59. The van der Waals surface area contributed by atoms with E-state index in [0.717, 1.165) is 58.0 Å². The van der Waals surface area contributed by atoms with Gasteiger partial charge in [0.05, 0.1) is 6.61 Å². The maximum Gasteiger partial charge on any atom is 0.123 e. The lowest BCUT2D eigenvalue weighted by molar-refractivity contribution is 0.0253. The van der Waals surface area contributed by atoms with Crippen LogP contribution in [-0.2, 0) is 4.74 Å². The summed E-state index contributed by atoms with van der Waals surface area (Å²) in [6.07, 6.45) is 0.972. The molecule has 2 saturated heterocycles. The molecule has 2 unspecified atom stereocenters. The van der Waals surface area contributed by atoms with E-state index < -0.39 is 0 Å². The van der Waals surface area contributed by atoms with Gasteiger partial charge in [-0.05, 0) is 30.7 Å². The summed E-state index contributed by atoms with van der Waals surface area (Å²) in [7, 11) is 0. The van der Waals surface area contributed by atoms with E-state index in [4.69, 9.17) is 10.5 Å². The molecular weight excluding hydrogens is 269 g/mol. The maximum absolute atomic E-state index is 13.0. The summed E-state index contributed by atoms with van der Waals surface area (Å²) >= 11 is 0. The summed E-state index contributed by atoms with van der Waals surface area (Å²) in [6.45, 7) is 6.64. The van der Waals surface area contributed by atoms with Crippen molar-refractivity contribution in [3.63, 3.8) is 0 Å². The number of halogens is 1. The smallest absolute Gasteiger partial charge is 0.123 e. The number of benzene rings is 1. The second-order valence-electron chi connectivity index (χ2n) is 6.05. The fourth-order valence-electron chi connectivity index (χ4n) is 3.17. The minimum atomic E-state index is -0.177. The number of nitrogens with zero attached hydrogens (tertiary/aromatic N) is 2. The molecule has 2 heterocycles. The van der Waals surface area contributed by atoms with E-state index in [0.29, 0.717) is 5.92 Å². The second-order valence-corrected chi connectivity index (χ2v) is 6.05. The number of hydrogen-bond acceptors (Lipinski definition) is 4. The van der Waals surface area contributed by atoms with E-state index in [1.165, 1.54) is 12.1 Å². The van der Waals surface area contributed by atoms with Gasteiger partial charge in [-0.3, -0.25) is 4.90 Å². The average molecular weight is 293 g/mol. The van der Waals surface area contributed by atoms with E-state index in [2.05, 4.69) is 9.80 Å². The Labute approximate surface area is 125 Å². The molecule has 2 fully saturated rings. The summed E-state index contributed by atoms with van der Waals surface area (Å²) in [5.74, 6) is 0.278. The zero-order chi connectivity index (χ0) is 14.7. The van der Waals surface area contributed by atoms with Crippen LogP contribution in [0.25, 0.3) is 0 Å².